The zero-order chi connectivity index (χ0) is 11.6. The number of hydrogen-bond donors (Lipinski definition) is 1. The molecule has 0 saturated carbocycles. The van der Waals surface area contributed by atoms with Crippen LogP contribution >= 0.6 is 0 Å². The van der Waals surface area contributed by atoms with Gasteiger partial charge in [0.15, 0.2) is 0 Å². The predicted octanol–water partition coefficient (Wildman–Crippen LogP) is -0.258. The van der Waals surface area contributed by atoms with E-state index in [0.717, 1.165) is 25.9 Å². The molecule has 92 valence electrons. The molecule has 0 spiro atoms. The Morgan fingerprint density at radius 2 is 2.19 bits per heavy atom. The quantitative estimate of drug-likeness (QED) is 0.660. The van der Waals surface area contributed by atoms with Crippen molar-refractivity contribution in [3.05, 3.63) is 0 Å². The molecule has 2 heterocycles. The summed E-state index contributed by atoms with van der Waals surface area (Å²) in [7, 11) is 2.08. The van der Waals surface area contributed by atoms with Gasteiger partial charge in [-0.1, -0.05) is 0 Å². The summed E-state index contributed by atoms with van der Waals surface area (Å²) >= 11 is 0. The average molecular weight is 228 g/mol. The van der Waals surface area contributed by atoms with Gasteiger partial charge in [-0.3, -0.25) is 0 Å². The van der Waals surface area contributed by atoms with Crippen LogP contribution in [-0.4, -0.2) is 55.9 Å². The van der Waals surface area contributed by atoms with Gasteiger partial charge in [0.2, 0.25) is 0 Å². The summed E-state index contributed by atoms with van der Waals surface area (Å²) in [6.45, 7) is 2.80. The van der Waals surface area contributed by atoms with Crippen LogP contribution in [0.1, 0.15) is 19.3 Å². The largest absolute Gasteiger partial charge is 0.461 e. The second-order valence-electron chi connectivity index (χ2n) is 4.87. The van der Waals surface area contributed by atoms with Crippen molar-refractivity contribution < 1.29 is 14.3 Å². The van der Waals surface area contributed by atoms with Crippen molar-refractivity contribution in [2.24, 2.45) is 5.73 Å². The third kappa shape index (κ3) is 2.53. The number of rotatable bonds is 2. The molecular formula is C11H20N2O3. The minimum Gasteiger partial charge on any atom is -0.461 e. The number of ether oxygens (including phenoxy) is 2. The van der Waals surface area contributed by atoms with Gasteiger partial charge in [0.05, 0.1) is 6.61 Å². The van der Waals surface area contributed by atoms with E-state index >= 15 is 0 Å². The van der Waals surface area contributed by atoms with Crippen LogP contribution in [0.15, 0.2) is 0 Å². The second kappa shape index (κ2) is 4.69. The number of piperidine rings is 1. The molecule has 0 radical (unpaired) electrons. The monoisotopic (exact) mass is 228 g/mol. The van der Waals surface area contributed by atoms with Crippen LogP contribution in [0, 0.1) is 0 Å². The van der Waals surface area contributed by atoms with Crippen molar-refractivity contribution in [2.75, 3.05) is 33.4 Å². The Morgan fingerprint density at radius 1 is 1.50 bits per heavy atom. The molecule has 2 rings (SSSR count). The van der Waals surface area contributed by atoms with Crippen molar-refractivity contribution in [3.8, 4) is 0 Å². The van der Waals surface area contributed by atoms with Crippen LogP contribution in [0.5, 0.6) is 0 Å². The van der Waals surface area contributed by atoms with Crippen LogP contribution in [0.25, 0.3) is 0 Å². The number of nitrogens with two attached hydrogens (primary N) is 1. The lowest BCUT2D eigenvalue weighted by atomic mass is 10.0. The molecule has 2 N–H and O–H groups in total. The molecule has 5 nitrogen and oxygen atoms in total. The lowest BCUT2D eigenvalue weighted by molar-refractivity contribution is -0.157. The Balaban J connectivity index is 1.83. The first-order chi connectivity index (χ1) is 7.60. The highest BCUT2D eigenvalue weighted by Gasteiger charge is 2.41. The number of carbonyl (C=O) groups is 1. The van der Waals surface area contributed by atoms with Gasteiger partial charge in [0.1, 0.15) is 11.6 Å². The highest BCUT2D eigenvalue weighted by Crippen LogP contribution is 2.20. The van der Waals surface area contributed by atoms with Gasteiger partial charge >= 0.3 is 5.97 Å². The lowest BCUT2D eigenvalue weighted by Crippen LogP contribution is -2.51. The zero-order valence-corrected chi connectivity index (χ0v) is 9.78. The molecule has 2 saturated heterocycles. The van der Waals surface area contributed by atoms with E-state index in [1.807, 2.05) is 0 Å². The Labute approximate surface area is 95.9 Å². The summed E-state index contributed by atoms with van der Waals surface area (Å²) in [5.74, 6) is -0.292. The third-order valence-corrected chi connectivity index (χ3v) is 3.40. The van der Waals surface area contributed by atoms with Crippen molar-refractivity contribution in [1.82, 2.24) is 4.90 Å². The number of likely N-dealkylation sites (tertiary alicyclic amines) is 1. The van der Waals surface area contributed by atoms with E-state index in [-0.39, 0.29) is 12.1 Å². The molecule has 0 aromatic carbocycles. The van der Waals surface area contributed by atoms with Gasteiger partial charge in [0.25, 0.3) is 0 Å². The molecule has 1 atom stereocenters. The van der Waals surface area contributed by atoms with E-state index in [1.54, 1.807) is 0 Å². The maximum Gasteiger partial charge on any atom is 0.328 e. The molecule has 0 amide bonds. The first-order valence-corrected chi connectivity index (χ1v) is 5.86. The molecule has 0 bridgehead atoms. The van der Waals surface area contributed by atoms with E-state index in [4.69, 9.17) is 15.2 Å². The Kier molecular flexibility index (Phi) is 3.47. The summed E-state index contributed by atoms with van der Waals surface area (Å²) in [6, 6.07) is 0. The van der Waals surface area contributed by atoms with E-state index in [2.05, 4.69) is 11.9 Å². The molecule has 0 aromatic rings. The van der Waals surface area contributed by atoms with Crippen LogP contribution < -0.4 is 5.73 Å². The maximum absolute atomic E-state index is 11.9. The first-order valence-electron chi connectivity index (χ1n) is 5.86. The summed E-state index contributed by atoms with van der Waals surface area (Å²) in [4.78, 5) is 14.1. The summed E-state index contributed by atoms with van der Waals surface area (Å²) in [5.41, 5.74) is 5.04. The van der Waals surface area contributed by atoms with E-state index in [9.17, 15) is 4.79 Å². The Hall–Kier alpha value is -0.650. The van der Waals surface area contributed by atoms with Gasteiger partial charge in [-0.05, 0) is 19.9 Å². The molecule has 2 fully saturated rings. The maximum atomic E-state index is 11.9. The number of nitrogens with zero attached hydrogens (tertiary/aromatic N) is 1. The van der Waals surface area contributed by atoms with Gasteiger partial charge in [-0.2, -0.15) is 0 Å². The summed E-state index contributed by atoms with van der Waals surface area (Å²) in [6.07, 6.45) is 2.40. The SMILES string of the molecule is CN1CCC(OC(=O)C2(N)CCOC2)CC1. The lowest BCUT2D eigenvalue weighted by Gasteiger charge is -2.30. The second-order valence-corrected chi connectivity index (χ2v) is 4.87. The van der Waals surface area contributed by atoms with Crippen molar-refractivity contribution in [1.29, 1.82) is 0 Å². The fraction of sp³-hybridized carbons (Fsp3) is 0.909. The smallest absolute Gasteiger partial charge is 0.328 e. The molecule has 2 aliphatic rings. The van der Waals surface area contributed by atoms with Crippen LogP contribution in [0.3, 0.4) is 0 Å². The molecule has 0 aliphatic carbocycles. The summed E-state index contributed by atoms with van der Waals surface area (Å²) < 4.78 is 10.6. The van der Waals surface area contributed by atoms with Crippen molar-refractivity contribution in [3.63, 3.8) is 0 Å². The fourth-order valence-electron chi connectivity index (χ4n) is 2.11. The van der Waals surface area contributed by atoms with E-state index in [0.29, 0.717) is 19.6 Å². The molecule has 16 heavy (non-hydrogen) atoms. The molecule has 1 unspecified atom stereocenters. The fourth-order valence-corrected chi connectivity index (χ4v) is 2.11. The predicted molar refractivity (Wildman–Crippen MR) is 59.0 cm³/mol. The van der Waals surface area contributed by atoms with Gasteiger partial charge in [0, 0.05) is 26.1 Å². The summed E-state index contributed by atoms with van der Waals surface area (Å²) in [5, 5.41) is 0. The number of esters is 1. The van der Waals surface area contributed by atoms with E-state index in [1.165, 1.54) is 0 Å². The minimum atomic E-state index is -0.899. The van der Waals surface area contributed by atoms with Crippen LogP contribution in [0.2, 0.25) is 0 Å². The van der Waals surface area contributed by atoms with Gasteiger partial charge < -0.3 is 20.1 Å². The molecule has 0 aromatic heterocycles. The Bertz CT molecular complexity index is 256. The van der Waals surface area contributed by atoms with Gasteiger partial charge in [-0.25, -0.2) is 4.79 Å². The van der Waals surface area contributed by atoms with Crippen molar-refractivity contribution >= 4 is 5.97 Å². The minimum absolute atomic E-state index is 0.0322. The normalized spacial score (nSPS) is 32.9. The number of hydrogen-bond acceptors (Lipinski definition) is 5. The first kappa shape index (κ1) is 11.8. The van der Waals surface area contributed by atoms with Crippen molar-refractivity contribution in [2.45, 2.75) is 30.9 Å². The number of carbonyl (C=O) groups excluding carboxylic acids is 1. The molecule has 2 aliphatic heterocycles. The molecule has 5 heteroatoms. The van der Waals surface area contributed by atoms with E-state index < -0.39 is 5.54 Å². The zero-order valence-electron chi connectivity index (χ0n) is 9.78. The Morgan fingerprint density at radius 3 is 2.75 bits per heavy atom. The highest BCUT2D eigenvalue weighted by molar-refractivity contribution is 5.81. The molecular weight excluding hydrogens is 208 g/mol. The highest BCUT2D eigenvalue weighted by atomic mass is 16.6. The standard InChI is InChI=1S/C11H20N2O3/c1-13-5-2-9(3-6-13)16-10(14)11(12)4-7-15-8-11/h9H,2-8,12H2,1H3. The topological polar surface area (TPSA) is 64.8 Å². The third-order valence-electron chi connectivity index (χ3n) is 3.40. The van der Waals surface area contributed by atoms with Crippen LogP contribution in [-0.2, 0) is 14.3 Å². The van der Waals surface area contributed by atoms with Gasteiger partial charge in [-0.15, -0.1) is 0 Å². The van der Waals surface area contributed by atoms with Crippen LogP contribution in [0.4, 0.5) is 0 Å². The average Bonchev–Trinajstić information content (AvgIpc) is 2.70.